The second kappa shape index (κ2) is 17.7. The molecule has 5 heteroatoms. The predicted octanol–water partition coefficient (Wildman–Crippen LogP) is 15.2. The Morgan fingerprint density at radius 2 is 0.841 bits per heavy atom. The quantitative estimate of drug-likeness (QED) is 0.140. The average Bonchev–Trinajstić information content (AvgIpc) is 3.73. The number of nitrogens with zero attached hydrogens (tertiary/aromatic N) is 4. The van der Waals surface area contributed by atoms with Crippen molar-refractivity contribution in [1.82, 2.24) is 15.0 Å². The summed E-state index contributed by atoms with van der Waals surface area (Å²) >= 11 is 0. The first-order valence-electron chi connectivity index (χ1n) is 23.6. The van der Waals surface area contributed by atoms with E-state index in [0.717, 1.165) is 45.0 Å². The number of anilines is 3. The number of allylic oxidation sites excluding steroid dienone is 1. The Kier molecular flexibility index (Phi) is 10.6. The molecule has 1 N–H and O–H groups in total. The second-order valence-corrected chi connectivity index (χ2v) is 17.7. The van der Waals surface area contributed by atoms with Gasteiger partial charge in [-0.05, 0) is 87.8 Å². The Morgan fingerprint density at radius 1 is 0.391 bits per heavy atom. The minimum atomic E-state index is -0.633. The third kappa shape index (κ3) is 7.51. The van der Waals surface area contributed by atoms with E-state index in [4.69, 9.17) is 15.0 Å². The van der Waals surface area contributed by atoms with Gasteiger partial charge in [0.25, 0.3) is 0 Å². The monoisotopic (exact) mass is 885 g/mol. The highest BCUT2D eigenvalue weighted by Gasteiger charge is 2.46. The highest BCUT2D eigenvalue weighted by Crippen LogP contribution is 2.57. The van der Waals surface area contributed by atoms with Crippen LogP contribution in [0, 0.1) is 0 Å². The molecule has 2 aliphatic carbocycles. The molecule has 69 heavy (non-hydrogen) atoms. The summed E-state index contributed by atoms with van der Waals surface area (Å²) in [5, 5.41) is 4.18. The van der Waals surface area contributed by atoms with Crippen molar-refractivity contribution in [2.45, 2.75) is 17.4 Å². The molecule has 0 spiro atoms. The van der Waals surface area contributed by atoms with Gasteiger partial charge >= 0.3 is 0 Å². The van der Waals surface area contributed by atoms with Crippen LogP contribution >= 0.6 is 0 Å². The minimum Gasteiger partial charge on any atom is -0.372 e. The maximum atomic E-state index is 5.06. The molecule has 1 aromatic heterocycles. The fourth-order valence-corrected chi connectivity index (χ4v) is 10.4. The van der Waals surface area contributed by atoms with Crippen LogP contribution in [0.5, 0.6) is 0 Å². The molecule has 1 atom stereocenters. The van der Waals surface area contributed by atoms with Crippen LogP contribution in [-0.4, -0.2) is 15.0 Å². The fraction of sp³-hybridized carbons (Fsp3) is 0.0469. The summed E-state index contributed by atoms with van der Waals surface area (Å²) in [6.45, 7) is 0. The van der Waals surface area contributed by atoms with Gasteiger partial charge in [0.15, 0.2) is 17.5 Å². The number of fused-ring (bicyclic) bond motifs is 3. The summed E-state index contributed by atoms with van der Waals surface area (Å²) in [5.41, 5.74) is 14.6. The molecule has 10 aromatic rings. The molecule has 328 valence electrons. The number of aromatic nitrogens is 3. The van der Waals surface area contributed by atoms with Gasteiger partial charge in [0.05, 0.1) is 11.0 Å². The van der Waals surface area contributed by atoms with Gasteiger partial charge in [0.2, 0.25) is 0 Å². The van der Waals surface area contributed by atoms with Crippen LogP contribution in [0.3, 0.4) is 0 Å². The van der Waals surface area contributed by atoms with E-state index in [0.29, 0.717) is 23.9 Å². The normalized spacial score (nSPS) is 15.4. The number of hydrogen-bond acceptors (Lipinski definition) is 5. The molecule has 0 saturated carbocycles. The Balaban J connectivity index is 0.990. The van der Waals surface area contributed by atoms with Crippen LogP contribution in [-0.2, 0) is 11.0 Å². The molecule has 2 aliphatic rings. The van der Waals surface area contributed by atoms with E-state index in [-0.39, 0.29) is 0 Å². The predicted molar refractivity (Wildman–Crippen MR) is 282 cm³/mol. The van der Waals surface area contributed by atoms with E-state index in [2.05, 4.69) is 217 Å². The Labute approximate surface area is 403 Å². The second-order valence-electron chi connectivity index (χ2n) is 17.7. The molecule has 0 aliphatic heterocycles. The third-order valence-corrected chi connectivity index (χ3v) is 13.6. The van der Waals surface area contributed by atoms with E-state index >= 15 is 0 Å². The van der Waals surface area contributed by atoms with Gasteiger partial charge in [-0.2, -0.15) is 0 Å². The summed E-state index contributed by atoms with van der Waals surface area (Å²) in [7, 11) is 0. The van der Waals surface area contributed by atoms with Gasteiger partial charge < -0.3 is 10.2 Å². The van der Waals surface area contributed by atoms with Crippen molar-refractivity contribution in [1.29, 1.82) is 0 Å². The van der Waals surface area contributed by atoms with Crippen LogP contribution in [0.2, 0.25) is 0 Å². The minimum absolute atomic E-state index is 0.524. The lowest BCUT2D eigenvalue weighted by Gasteiger charge is -2.38. The molecular formula is C64H47N5. The molecular weight excluding hydrogens is 839 g/mol. The number of hydrogen-bond donors (Lipinski definition) is 1. The number of benzene rings is 9. The van der Waals surface area contributed by atoms with E-state index in [1.165, 1.54) is 33.4 Å². The van der Waals surface area contributed by atoms with E-state index in [1.807, 2.05) is 60.7 Å². The molecule has 9 aromatic carbocycles. The van der Waals surface area contributed by atoms with E-state index in [9.17, 15) is 0 Å². The zero-order valence-corrected chi connectivity index (χ0v) is 37.9. The van der Waals surface area contributed by atoms with Gasteiger partial charge in [0.1, 0.15) is 0 Å². The van der Waals surface area contributed by atoms with Crippen LogP contribution in [0.15, 0.2) is 273 Å². The SMILES string of the molecule is C1=CC(Nc2ccc3c(c2)C(c2ccccc2)(c2ccccc2)c2ccccc2-3)(c2ccc(-c3nc(-c4ccccc4)nc(-c4ccccc4)n3)cc2)CC=C1N(c1ccccc1)c1ccccc1. The standard InChI is InChI=1S/C64H47N5/c1-7-21-46(22-8-1)60-65-61(47-23-9-2-10-24-47)67-62(66-60)48-35-37-49(38-36-48)63(43-41-55(42-44-63)69(53-29-15-5-16-30-53)54-31-17-6-18-32-54)68-52-39-40-57-56-33-19-20-34-58(56)64(59(57)45-52,50-25-11-3-12-26-50)51-27-13-4-14-28-51/h1-43,45,68H,44H2. The van der Waals surface area contributed by atoms with Gasteiger partial charge in [0, 0.05) is 39.4 Å². The lowest BCUT2D eigenvalue weighted by atomic mass is 9.67. The zero-order chi connectivity index (χ0) is 46.0. The molecule has 5 nitrogen and oxygen atoms in total. The first-order chi connectivity index (χ1) is 34.2. The van der Waals surface area contributed by atoms with Crippen LogP contribution in [0.1, 0.15) is 34.2 Å². The first kappa shape index (κ1) is 41.5. The van der Waals surface area contributed by atoms with Crippen LogP contribution < -0.4 is 10.2 Å². The van der Waals surface area contributed by atoms with Crippen molar-refractivity contribution in [3.63, 3.8) is 0 Å². The van der Waals surface area contributed by atoms with Crippen LogP contribution in [0.25, 0.3) is 45.3 Å². The van der Waals surface area contributed by atoms with Gasteiger partial charge in [-0.25, -0.2) is 15.0 Å². The maximum Gasteiger partial charge on any atom is 0.164 e. The highest BCUT2D eigenvalue weighted by atomic mass is 15.1. The smallest absolute Gasteiger partial charge is 0.164 e. The lowest BCUT2D eigenvalue weighted by Crippen LogP contribution is -2.35. The molecule has 12 rings (SSSR count). The molecule has 1 unspecified atom stereocenters. The third-order valence-electron chi connectivity index (χ3n) is 13.6. The van der Waals surface area contributed by atoms with Crippen molar-refractivity contribution >= 4 is 17.1 Å². The van der Waals surface area contributed by atoms with Gasteiger partial charge in [-0.15, -0.1) is 0 Å². The average molecular weight is 886 g/mol. The van der Waals surface area contributed by atoms with Crippen LogP contribution in [0.4, 0.5) is 17.1 Å². The molecule has 0 radical (unpaired) electrons. The molecule has 0 bridgehead atoms. The molecule has 0 amide bonds. The molecule has 0 saturated heterocycles. The zero-order valence-electron chi connectivity index (χ0n) is 37.9. The summed E-state index contributed by atoms with van der Waals surface area (Å²) in [5.74, 6) is 1.89. The lowest BCUT2D eigenvalue weighted by molar-refractivity contribution is 0.613. The number of nitrogens with one attached hydrogen (secondary N) is 1. The van der Waals surface area contributed by atoms with E-state index in [1.54, 1.807) is 0 Å². The summed E-state index contributed by atoms with van der Waals surface area (Å²) in [6.07, 6.45) is 7.67. The van der Waals surface area contributed by atoms with Crippen molar-refractivity contribution in [2.75, 3.05) is 10.2 Å². The van der Waals surface area contributed by atoms with E-state index < -0.39 is 11.0 Å². The Bertz CT molecular complexity index is 3330. The summed E-state index contributed by atoms with van der Waals surface area (Å²) in [6, 6.07) is 88.1. The first-order valence-corrected chi connectivity index (χ1v) is 23.6. The Morgan fingerprint density at radius 3 is 1.35 bits per heavy atom. The van der Waals surface area contributed by atoms with Crippen molar-refractivity contribution in [3.05, 3.63) is 300 Å². The van der Waals surface area contributed by atoms with Gasteiger partial charge in [-0.3, -0.25) is 0 Å². The van der Waals surface area contributed by atoms with Crippen molar-refractivity contribution < 1.29 is 0 Å². The largest absolute Gasteiger partial charge is 0.372 e. The van der Waals surface area contributed by atoms with Crippen molar-refractivity contribution in [3.8, 4) is 45.3 Å². The van der Waals surface area contributed by atoms with Gasteiger partial charge in [-0.1, -0.05) is 224 Å². The maximum absolute atomic E-state index is 5.06. The Hall–Kier alpha value is -8.93. The topological polar surface area (TPSA) is 53.9 Å². The van der Waals surface area contributed by atoms with Crippen molar-refractivity contribution in [2.24, 2.45) is 0 Å². The summed E-state index contributed by atoms with van der Waals surface area (Å²) < 4.78 is 0. The number of para-hydroxylation sites is 2. The number of rotatable bonds is 11. The summed E-state index contributed by atoms with van der Waals surface area (Å²) in [4.78, 5) is 17.4. The highest BCUT2D eigenvalue weighted by molar-refractivity contribution is 5.88. The fourth-order valence-electron chi connectivity index (χ4n) is 10.4. The molecule has 0 fully saturated rings. The molecule has 1 heterocycles.